The van der Waals surface area contributed by atoms with E-state index in [0.29, 0.717) is 15.0 Å². The molecule has 0 aromatic heterocycles. The number of hydrogen-bond acceptors (Lipinski definition) is 6. The van der Waals surface area contributed by atoms with Gasteiger partial charge in [0.15, 0.2) is 0 Å². The summed E-state index contributed by atoms with van der Waals surface area (Å²) in [6, 6.07) is 12.1. The monoisotopic (exact) mass is 532 g/mol. The Morgan fingerprint density at radius 3 is 2.59 bits per heavy atom. The summed E-state index contributed by atoms with van der Waals surface area (Å²) in [6.45, 7) is 0.253. The van der Waals surface area contributed by atoms with E-state index in [1.54, 1.807) is 17.0 Å². The average Bonchev–Trinajstić information content (AvgIpc) is 3.06. The lowest BCUT2D eigenvalue weighted by Gasteiger charge is -2.29. The normalized spacial score (nSPS) is 18.4. The van der Waals surface area contributed by atoms with Gasteiger partial charge in [-0.2, -0.15) is 0 Å². The second-order valence-electron chi connectivity index (χ2n) is 7.74. The number of hydrogen-bond donors (Lipinski definition) is 0. The second kappa shape index (κ2) is 10.1. The molecule has 0 radical (unpaired) electrons. The third-order valence-corrected chi connectivity index (χ3v) is 7.39. The van der Waals surface area contributed by atoms with Crippen molar-refractivity contribution in [3.8, 4) is 5.75 Å². The van der Waals surface area contributed by atoms with E-state index in [1.807, 2.05) is 24.3 Å². The first-order chi connectivity index (χ1) is 15.4. The van der Waals surface area contributed by atoms with Crippen molar-refractivity contribution in [2.24, 2.45) is 0 Å². The number of carbonyl (C=O) groups excluding carboxylic acids is 1. The van der Waals surface area contributed by atoms with Crippen molar-refractivity contribution in [3.05, 3.63) is 73.1 Å². The van der Waals surface area contributed by atoms with E-state index in [-0.39, 0.29) is 24.2 Å². The SMILES string of the molecule is O=C1/C(=C\c2cc(Br)ccc2OCc2ccc([N+](=O)[O-])cc2)SC(=S)N1C1CCCCC1. The third kappa shape index (κ3) is 5.22. The molecule has 0 spiro atoms. The Balaban J connectivity index is 1.53. The molecule has 2 aliphatic rings. The van der Waals surface area contributed by atoms with Crippen LogP contribution in [0.5, 0.6) is 5.75 Å². The molecule has 1 saturated heterocycles. The number of rotatable bonds is 6. The van der Waals surface area contributed by atoms with Crippen molar-refractivity contribution in [1.29, 1.82) is 0 Å². The zero-order valence-electron chi connectivity index (χ0n) is 17.2. The second-order valence-corrected chi connectivity index (χ2v) is 10.3. The van der Waals surface area contributed by atoms with E-state index < -0.39 is 4.92 Å². The van der Waals surface area contributed by atoms with Crippen molar-refractivity contribution in [3.63, 3.8) is 0 Å². The molecule has 0 atom stereocenters. The average molecular weight is 533 g/mol. The molecule has 1 aliphatic heterocycles. The molecule has 1 saturated carbocycles. The maximum Gasteiger partial charge on any atom is 0.269 e. The Hall–Kier alpha value is -2.23. The smallest absolute Gasteiger partial charge is 0.269 e. The van der Waals surface area contributed by atoms with E-state index in [4.69, 9.17) is 17.0 Å². The predicted octanol–water partition coefficient (Wildman–Crippen LogP) is 6.47. The van der Waals surface area contributed by atoms with E-state index in [2.05, 4.69) is 15.9 Å². The molecule has 2 aromatic carbocycles. The molecular weight excluding hydrogens is 512 g/mol. The molecular formula is C23H21BrN2O4S2. The van der Waals surface area contributed by atoms with Crippen molar-refractivity contribution in [2.75, 3.05) is 0 Å². The number of thiocarbonyl (C=S) groups is 1. The van der Waals surface area contributed by atoms with Crippen LogP contribution in [-0.2, 0) is 11.4 Å². The molecule has 2 fully saturated rings. The number of benzene rings is 2. The molecule has 0 bridgehead atoms. The van der Waals surface area contributed by atoms with Crippen molar-refractivity contribution in [1.82, 2.24) is 4.90 Å². The van der Waals surface area contributed by atoms with Crippen molar-refractivity contribution in [2.45, 2.75) is 44.8 Å². The van der Waals surface area contributed by atoms with E-state index >= 15 is 0 Å². The lowest BCUT2D eigenvalue weighted by Crippen LogP contribution is -2.39. The molecule has 32 heavy (non-hydrogen) atoms. The number of nitro groups is 1. The molecule has 1 amide bonds. The molecule has 6 nitrogen and oxygen atoms in total. The molecule has 1 heterocycles. The number of ether oxygens (including phenoxy) is 1. The van der Waals surface area contributed by atoms with Crippen LogP contribution in [0.4, 0.5) is 5.69 Å². The highest BCUT2D eigenvalue weighted by Gasteiger charge is 2.37. The predicted molar refractivity (Wildman–Crippen MR) is 133 cm³/mol. The molecule has 1 aliphatic carbocycles. The summed E-state index contributed by atoms with van der Waals surface area (Å²) >= 11 is 10.4. The highest BCUT2D eigenvalue weighted by Crippen LogP contribution is 2.38. The standard InChI is InChI=1S/C23H21BrN2O4S2/c24-17-8-11-20(30-14-15-6-9-19(10-7-15)26(28)29)16(12-17)13-21-22(27)25(23(31)32-21)18-4-2-1-3-5-18/h6-13,18H,1-5,14H2/b21-13+. The van der Waals surface area contributed by atoms with Crippen LogP contribution in [0.1, 0.15) is 43.2 Å². The van der Waals surface area contributed by atoms with Gasteiger partial charge in [0.2, 0.25) is 0 Å². The van der Waals surface area contributed by atoms with Crippen LogP contribution in [0.15, 0.2) is 51.8 Å². The van der Waals surface area contributed by atoms with E-state index in [1.165, 1.54) is 30.3 Å². The maximum absolute atomic E-state index is 13.1. The summed E-state index contributed by atoms with van der Waals surface area (Å²) < 4.78 is 7.48. The zero-order chi connectivity index (χ0) is 22.7. The zero-order valence-corrected chi connectivity index (χ0v) is 20.4. The number of amides is 1. The Morgan fingerprint density at radius 1 is 1.19 bits per heavy atom. The van der Waals surface area contributed by atoms with Crippen LogP contribution >= 0.6 is 39.9 Å². The van der Waals surface area contributed by atoms with Crippen molar-refractivity contribution >= 4 is 61.9 Å². The van der Waals surface area contributed by atoms with E-state index in [0.717, 1.165) is 41.3 Å². The van der Waals surface area contributed by atoms with Gasteiger partial charge in [-0.15, -0.1) is 0 Å². The van der Waals surface area contributed by atoms with Gasteiger partial charge in [-0.05, 0) is 54.8 Å². The highest BCUT2D eigenvalue weighted by atomic mass is 79.9. The Bertz CT molecular complexity index is 1080. The quantitative estimate of drug-likeness (QED) is 0.183. The molecule has 9 heteroatoms. The van der Waals surface area contributed by atoms with Gasteiger partial charge >= 0.3 is 0 Å². The summed E-state index contributed by atoms with van der Waals surface area (Å²) in [5, 5.41) is 10.8. The Morgan fingerprint density at radius 2 is 1.91 bits per heavy atom. The summed E-state index contributed by atoms with van der Waals surface area (Å²) in [6.07, 6.45) is 7.31. The lowest BCUT2D eigenvalue weighted by molar-refractivity contribution is -0.384. The number of halogens is 1. The first-order valence-electron chi connectivity index (χ1n) is 10.3. The molecule has 2 aromatic rings. The van der Waals surface area contributed by atoms with Gasteiger partial charge in [-0.25, -0.2) is 0 Å². The molecule has 4 rings (SSSR count). The third-order valence-electron chi connectivity index (χ3n) is 5.56. The van der Waals surface area contributed by atoms with Crippen LogP contribution < -0.4 is 4.74 Å². The first kappa shape index (κ1) is 22.9. The largest absolute Gasteiger partial charge is 0.488 e. The minimum atomic E-state index is -0.430. The van der Waals surface area contributed by atoms with Gasteiger partial charge in [-0.3, -0.25) is 19.8 Å². The van der Waals surface area contributed by atoms with Gasteiger partial charge in [0.05, 0.1) is 9.83 Å². The summed E-state index contributed by atoms with van der Waals surface area (Å²) in [5.74, 6) is 0.586. The summed E-state index contributed by atoms with van der Waals surface area (Å²) in [5.41, 5.74) is 1.62. The van der Waals surface area contributed by atoms with Crippen LogP contribution in [0.3, 0.4) is 0 Å². The fraction of sp³-hybridized carbons (Fsp3) is 0.304. The summed E-state index contributed by atoms with van der Waals surface area (Å²) in [4.78, 5) is 25.9. The van der Waals surface area contributed by atoms with Crippen LogP contribution in [-0.4, -0.2) is 26.1 Å². The highest BCUT2D eigenvalue weighted by molar-refractivity contribution is 9.10. The molecule has 166 valence electrons. The Kier molecular flexibility index (Phi) is 7.27. The van der Waals surface area contributed by atoms with Gasteiger partial charge in [0.25, 0.3) is 11.6 Å². The minimum Gasteiger partial charge on any atom is -0.488 e. The fourth-order valence-corrected chi connectivity index (χ4v) is 5.68. The summed E-state index contributed by atoms with van der Waals surface area (Å²) in [7, 11) is 0. The number of nitrogens with zero attached hydrogens (tertiary/aromatic N) is 2. The minimum absolute atomic E-state index is 0.0341. The first-order valence-corrected chi connectivity index (χ1v) is 12.4. The van der Waals surface area contributed by atoms with Crippen LogP contribution in [0.2, 0.25) is 0 Å². The molecule has 0 unspecified atom stereocenters. The van der Waals surface area contributed by atoms with Crippen molar-refractivity contribution < 1.29 is 14.5 Å². The van der Waals surface area contributed by atoms with E-state index in [9.17, 15) is 14.9 Å². The van der Waals surface area contributed by atoms with Crippen LogP contribution in [0.25, 0.3) is 6.08 Å². The fourth-order valence-electron chi connectivity index (χ4n) is 3.91. The number of nitro benzene ring substituents is 1. The number of non-ortho nitro benzene ring substituents is 1. The molecule has 0 N–H and O–H groups in total. The van der Waals surface area contributed by atoms with Gasteiger partial charge in [0, 0.05) is 28.2 Å². The lowest BCUT2D eigenvalue weighted by atomic mass is 9.94. The van der Waals surface area contributed by atoms with Gasteiger partial charge in [0.1, 0.15) is 16.7 Å². The van der Waals surface area contributed by atoms with Gasteiger partial charge in [-0.1, -0.05) is 59.2 Å². The maximum atomic E-state index is 13.1. The number of thioether (sulfide) groups is 1. The van der Waals surface area contributed by atoms with Gasteiger partial charge < -0.3 is 4.74 Å². The topological polar surface area (TPSA) is 72.7 Å². The number of carbonyl (C=O) groups is 1. The Labute approximate surface area is 204 Å². The van der Waals surface area contributed by atoms with Crippen LogP contribution in [0, 0.1) is 10.1 Å².